The number of hydrogen-bond acceptors (Lipinski definition) is 4. The van der Waals surface area contributed by atoms with Crippen molar-refractivity contribution >= 4 is 5.91 Å². The van der Waals surface area contributed by atoms with Crippen molar-refractivity contribution in [3.63, 3.8) is 0 Å². The number of likely N-dealkylation sites (N-methyl/N-ethyl adjacent to an activating group) is 1. The van der Waals surface area contributed by atoms with Gasteiger partial charge in [0.25, 0.3) is 0 Å². The molecule has 1 amide bonds. The summed E-state index contributed by atoms with van der Waals surface area (Å²) in [5.74, 6) is 0.221. The summed E-state index contributed by atoms with van der Waals surface area (Å²) in [6, 6.07) is 0.138. The van der Waals surface area contributed by atoms with Crippen LogP contribution in [0.3, 0.4) is 0 Å². The van der Waals surface area contributed by atoms with Crippen LogP contribution in [0.25, 0.3) is 0 Å². The van der Waals surface area contributed by atoms with Gasteiger partial charge in [-0.25, -0.2) is 0 Å². The summed E-state index contributed by atoms with van der Waals surface area (Å²) < 4.78 is 6.09. The topological polar surface area (TPSA) is 61.8 Å². The fraction of sp³-hybridized carbons (Fsp3) is 0.667. The molecular formula is C15H24N2O3. The Morgan fingerprint density at radius 1 is 1.70 bits per heavy atom. The number of amides is 1. The van der Waals surface area contributed by atoms with E-state index in [-0.39, 0.29) is 36.2 Å². The van der Waals surface area contributed by atoms with Gasteiger partial charge in [0.1, 0.15) is 5.60 Å². The number of aliphatic hydroxyl groups is 1. The number of ether oxygens (including phenoxy) is 1. The fourth-order valence-corrected chi connectivity index (χ4v) is 3.38. The lowest BCUT2D eigenvalue weighted by atomic mass is 9.84. The maximum Gasteiger partial charge on any atom is 0.229 e. The number of carbonyl (C=O) groups is 1. The standard InChI is InChI=1S/C12H18N2O2.C3H6O/c1-7-4-12(2)10(13-5-7)9-8(16-12)6-14(3)11(9)15;1-2-3-4/h4,8-10,13H,5-6H2,1-3H3;2,4H,1,3H2. The molecule has 0 spiro atoms. The molecule has 0 aliphatic carbocycles. The Labute approximate surface area is 120 Å². The second kappa shape index (κ2) is 5.68. The van der Waals surface area contributed by atoms with Crippen molar-refractivity contribution in [2.45, 2.75) is 31.6 Å². The predicted octanol–water partition coefficient (Wildman–Crippen LogP) is 0.315. The van der Waals surface area contributed by atoms with Gasteiger partial charge in [-0.05, 0) is 13.8 Å². The Bertz CT molecular complexity index is 435. The monoisotopic (exact) mass is 280 g/mol. The third-order valence-electron chi connectivity index (χ3n) is 4.16. The highest BCUT2D eigenvalue weighted by molar-refractivity contribution is 5.83. The second-order valence-corrected chi connectivity index (χ2v) is 5.91. The molecule has 4 atom stereocenters. The van der Waals surface area contributed by atoms with Crippen molar-refractivity contribution in [3.05, 3.63) is 24.3 Å². The smallest absolute Gasteiger partial charge is 0.229 e. The third kappa shape index (κ3) is 2.53. The number of nitrogens with zero attached hydrogens (tertiary/aromatic N) is 1. The molecule has 5 heteroatoms. The Kier molecular flexibility index (Phi) is 4.32. The Morgan fingerprint density at radius 2 is 2.35 bits per heavy atom. The van der Waals surface area contributed by atoms with Crippen LogP contribution in [0.1, 0.15) is 13.8 Å². The van der Waals surface area contributed by atoms with E-state index in [0.717, 1.165) is 13.1 Å². The molecule has 2 fully saturated rings. The normalized spacial score (nSPS) is 38.6. The lowest BCUT2D eigenvalue weighted by Crippen LogP contribution is -2.53. The van der Waals surface area contributed by atoms with Crippen LogP contribution in [0.15, 0.2) is 24.3 Å². The summed E-state index contributed by atoms with van der Waals surface area (Å²) in [4.78, 5) is 13.8. The molecule has 0 saturated carbocycles. The van der Waals surface area contributed by atoms with Crippen molar-refractivity contribution < 1.29 is 14.6 Å². The van der Waals surface area contributed by atoms with Crippen molar-refractivity contribution in [1.82, 2.24) is 10.2 Å². The molecule has 3 heterocycles. The third-order valence-corrected chi connectivity index (χ3v) is 4.16. The van der Waals surface area contributed by atoms with Gasteiger partial charge in [0, 0.05) is 20.1 Å². The molecule has 3 rings (SSSR count). The number of aliphatic hydroxyl groups excluding tert-OH is 1. The molecule has 20 heavy (non-hydrogen) atoms. The Balaban J connectivity index is 0.000000328. The summed E-state index contributed by atoms with van der Waals surface area (Å²) in [5, 5.41) is 11.2. The van der Waals surface area contributed by atoms with Crippen molar-refractivity contribution in [3.8, 4) is 0 Å². The largest absolute Gasteiger partial charge is 0.392 e. The van der Waals surface area contributed by atoms with Crippen LogP contribution in [0.5, 0.6) is 0 Å². The van der Waals surface area contributed by atoms with Gasteiger partial charge in [0.15, 0.2) is 0 Å². The quantitative estimate of drug-likeness (QED) is 0.679. The molecule has 3 aliphatic rings. The molecule has 2 saturated heterocycles. The summed E-state index contributed by atoms with van der Waals surface area (Å²) in [5.41, 5.74) is 0.994. The van der Waals surface area contributed by atoms with E-state index in [4.69, 9.17) is 9.84 Å². The summed E-state index contributed by atoms with van der Waals surface area (Å²) in [6.45, 7) is 9.08. The number of likely N-dealkylation sites (tertiary alicyclic amines) is 1. The lowest BCUT2D eigenvalue weighted by Gasteiger charge is -2.35. The molecule has 0 aromatic rings. The van der Waals surface area contributed by atoms with Gasteiger partial charge in [-0.3, -0.25) is 4.79 Å². The minimum Gasteiger partial charge on any atom is -0.392 e. The van der Waals surface area contributed by atoms with Gasteiger partial charge in [0.2, 0.25) is 5.91 Å². The molecule has 112 valence electrons. The zero-order valence-electron chi connectivity index (χ0n) is 12.4. The van der Waals surface area contributed by atoms with E-state index in [1.807, 2.05) is 7.05 Å². The van der Waals surface area contributed by atoms with Crippen LogP contribution in [0, 0.1) is 5.92 Å². The summed E-state index contributed by atoms with van der Waals surface area (Å²) in [7, 11) is 1.85. The molecule has 5 nitrogen and oxygen atoms in total. The average Bonchev–Trinajstić information content (AvgIpc) is 2.82. The summed E-state index contributed by atoms with van der Waals surface area (Å²) in [6.07, 6.45) is 3.67. The van der Waals surface area contributed by atoms with E-state index in [1.165, 1.54) is 11.6 Å². The maximum absolute atomic E-state index is 12.1. The van der Waals surface area contributed by atoms with Crippen LogP contribution in [0.4, 0.5) is 0 Å². The van der Waals surface area contributed by atoms with Gasteiger partial charge >= 0.3 is 0 Å². The highest BCUT2D eigenvalue weighted by atomic mass is 16.5. The van der Waals surface area contributed by atoms with Gasteiger partial charge in [-0.1, -0.05) is 17.7 Å². The zero-order chi connectivity index (χ0) is 14.9. The summed E-state index contributed by atoms with van der Waals surface area (Å²) >= 11 is 0. The minimum atomic E-state index is -0.297. The number of rotatable bonds is 1. The van der Waals surface area contributed by atoms with Crippen LogP contribution in [-0.4, -0.2) is 60.4 Å². The van der Waals surface area contributed by atoms with Crippen LogP contribution >= 0.6 is 0 Å². The van der Waals surface area contributed by atoms with E-state index in [9.17, 15) is 4.79 Å². The first-order chi connectivity index (χ1) is 9.42. The van der Waals surface area contributed by atoms with Gasteiger partial charge in [-0.15, -0.1) is 6.58 Å². The molecular weight excluding hydrogens is 256 g/mol. The van der Waals surface area contributed by atoms with E-state index in [1.54, 1.807) is 4.90 Å². The van der Waals surface area contributed by atoms with E-state index >= 15 is 0 Å². The van der Waals surface area contributed by atoms with E-state index in [2.05, 4.69) is 31.8 Å². The first-order valence-corrected chi connectivity index (χ1v) is 6.99. The second-order valence-electron chi connectivity index (χ2n) is 5.91. The molecule has 3 aliphatic heterocycles. The lowest BCUT2D eigenvalue weighted by molar-refractivity contribution is -0.130. The Hall–Kier alpha value is -1.17. The highest BCUT2D eigenvalue weighted by Crippen LogP contribution is 2.42. The van der Waals surface area contributed by atoms with Crippen LogP contribution in [-0.2, 0) is 9.53 Å². The molecule has 0 bridgehead atoms. The number of nitrogens with one attached hydrogen (secondary N) is 1. The SMILES string of the molecule is C=CCO.CC1=CC2(C)OC3CN(C)C(=O)C3C2NC1. The highest BCUT2D eigenvalue weighted by Gasteiger charge is 2.58. The van der Waals surface area contributed by atoms with Crippen molar-refractivity contribution in [2.24, 2.45) is 5.92 Å². The maximum atomic E-state index is 12.1. The molecule has 2 N–H and O–H groups in total. The van der Waals surface area contributed by atoms with E-state index < -0.39 is 0 Å². The van der Waals surface area contributed by atoms with E-state index in [0.29, 0.717) is 0 Å². The van der Waals surface area contributed by atoms with Gasteiger partial charge in [-0.2, -0.15) is 0 Å². The molecule has 0 aromatic heterocycles. The number of hydrogen-bond donors (Lipinski definition) is 2. The first kappa shape index (κ1) is 15.2. The molecule has 4 unspecified atom stereocenters. The molecule has 0 radical (unpaired) electrons. The average molecular weight is 280 g/mol. The predicted molar refractivity (Wildman–Crippen MR) is 77.2 cm³/mol. The zero-order valence-corrected chi connectivity index (χ0v) is 12.4. The van der Waals surface area contributed by atoms with Crippen LogP contribution < -0.4 is 5.32 Å². The minimum absolute atomic E-state index is 0.000602. The fourth-order valence-electron chi connectivity index (χ4n) is 3.38. The van der Waals surface area contributed by atoms with Crippen molar-refractivity contribution in [1.29, 1.82) is 0 Å². The Morgan fingerprint density at radius 3 is 2.95 bits per heavy atom. The molecule has 0 aromatic carbocycles. The number of fused-ring (bicyclic) bond motifs is 3. The number of carbonyl (C=O) groups excluding carboxylic acids is 1. The van der Waals surface area contributed by atoms with Crippen LogP contribution in [0.2, 0.25) is 0 Å². The first-order valence-electron chi connectivity index (χ1n) is 6.99. The van der Waals surface area contributed by atoms with Gasteiger partial charge < -0.3 is 20.1 Å². The van der Waals surface area contributed by atoms with Crippen molar-refractivity contribution in [2.75, 3.05) is 26.7 Å². The van der Waals surface area contributed by atoms with Gasteiger partial charge in [0.05, 0.1) is 24.7 Å².